The summed E-state index contributed by atoms with van der Waals surface area (Å²) in [4.78, 5) is 16.5. The van der Waals surface area contributed by atoms with Crippen molar-refractivity contribution in [1.82, 2.24) is 14.1 Å². The van der Waals surface area contributed by atoms with E-state index in [0.29, 0.717) is 13.1 Å². The lowest BCUT2D eigenvalue weighted by atomic mass is 9.87. The summed E-state index contributed by atoms with van der Waals surface area (Å²) >= 11 is 0. The molecule has 44 heavy (non-hydrogen) atoms. The average Bonchev–Trinajstić information content (AvgIpc) is 3.23. The Morgan fingerprint density at radius 1 is 1.00 bits per heavy atom. The van der Waals surface area contributed by atoms with Crippen molar-refractivity contribution in [2.75, 3.05) is 26.4 Å². The molecule has 1 saturated heterocycles. The van der Waals surface area contributed by atoms with Crippen LogP contribution < -0.4 is 4.74 Å². The van der Waals surface area contributed by atoms with Crippen LogP contribution in [0.1, 0.15) is 55.9 Å². The Hall–Kier alpha value is -3.24. The van der Waals surface area contributed by atoms with E-state index in [9.17, 15) is 18.3 Å². The van der Waals surface area contributed by atoms with Gasteiger partial charge in [0.25, 0.3) is 0 Å². The zero-order valence-electron chi connectivity index (χ0n) is 26.9. The zero-order valence-corrected chi connectivity index (χ0v) is 27.7. The van der Waals surface area contributed by atoms with E-state index in [1.54, 1.807) is 0 Å². The third-order valence-corrected chi connectivity index (χ3v) is 9.74. The first-order chi connectivity index (χ1) is 20.7. The van der Waals surface area contributed by atoms with Crippen LogP contribution in [0.25, 0.3) is 0 Å². The molecule has 0 aliphatic carbocycles. The van der Waals surface area contributed by atoms with Crippen molar-refractivity contribution in [1.29, 1.82) is 0 Å². The largest absolute Gasteiger partial charge is 0.480 e. The monoisotopic (exact) mass is 621 g/mol. The van der Waals surface area contributed by atoms with Gasteiger partial charge in [-0.05, 0) is 68.6 Å². The van der Waals surface area contributed by atoms with Crippen molar-refractivity contribution < 1.29 is 23.1 Å². The number of sulfonamides is 1. The molecule has 3 aromatic rings. The number of aliphatic carboxylic acids is 1. The van der Waals surface area contributed by atoms with E-state index in [1.807, 2.05) is 60.7 Å². The molecule has 4 rings (SSSR count). The second kappa shape index (κ2) is 14.2. The van der Waals surface area contributed by atoms with E-state index in [1.165, 1.54) is 5.56 Å². The summed E-state index contributed by atoms with van der Waals surface area (Å²) in [6.07, 6.45) is 1.08. The number of carbonyl (C=O) groups is 1. The molecule has 9 heteroatoms. The molecule has 1 aliphatic heterocycles. The molecular weight excluding hydrogens is 574 g/mol. The number of carboxylic acid groups (broad SMARTS) is 1. The minimum atomic E-state index is -3.61. The zero-order chi connectivity index (χ0) is 32.1. The summed E-state index contributed by atoms with van der Waals surface area (Å²) in [6.45, 7) is 11.0. The number of aryl methyl sites for hydroxylation is 1. The van der Waals surface area contributed by atoms with Gasteiger partial charge in [-0.2, -0.15) is 4.31 Å². The summed E-state index contributed by atoms with van der Waals surface area (Å²) in [5.41, 5.74) is 4.17. The standard InChI is InChI=1S/C35H47N3O5S/c1-26-14-16-31(17-15-26)43-33-13-8-7-12-29(33)24-37(30(25-36(5)6)21-35(2,3)4)22-27-10-9-11-28(20-27)23-38-32(34(39)40)18-19-44(38,41)42/h7-17,20,30,32H,18-19,21-25H2,1-6H3,(H,39,40)/t30-,32?/m0/s1. The van der Waals surface area contributed by atoms with Crippen molar-refractivity contribution in [3.05, 3.63) is 95.1 Å². The summed E-state index contributed by atoms with van der Waals surface area (Å²) in [5, 5.41) is 9.63. The molecule has 1 N–H and O–H groups in total. The number of benzene rings is 3. The molecule has 1 aliphatic rings. The van der Waals surface area contributed by atoms with Gasteiger partial charge in [-0.3, -0.25) is 9.69 Å². The van der Waals surface area contributed by atoms with E-state index in [2.05, 4.69) is 63.7 Å². The lowest BCUT2D eigenvalue weighted by Crippen LogP contribution is -2.43. The highest BCUT2D eigenvalue weighted by Crippen LogP contribution is 2.31. The topological polar surface area (TPSA) is 90.4 Å². The van der Waals surface area contributed by atoms with Gasteiger partial charge >= 0.3 is 5.97 Å². The number of ether oxygens (including phenoxy) is 1. The van der Waals surface area contributed by atoms with Crippen LogP contribution in [0.4, 0.5) is 0 Å². The van der Waals surface area contributed by atoms with Crippen LogP contribution in [-0.4, -0.2) is 72.1 Å². The molecule has 0 saturated carbocycles. The normalized spacial score (nSPS) is 17.7. The second-order valence-corrected chi connectivity index (χ2v) is 15.5. The molecule has 1 fully saturated rings. The van der Waals surface area contributed by atoms with Crippen LogP contribution in [0.3, 0.4) is 0 Å². The molecule has 0 amide bonds. The smallest absolute Gasteiger partial charge is 0.322 e. The SMILES string of the molecule is Cc1ccc(Oc2ccccc2CN(Cc2cccc(CN3C(C(=O)O)CCS3(=O)=O)c2)[C@H](CN(C)C)CC(C)(C)C)cc1. The van der Waals surface area contributed by atoms with Gasteiger partial charge in [-0.1, -0.05) is 80.9 Å². The third kappa shape index (κ3) is 9.38. The third-order valence-electron chi connectivity index (χ3n) is 7.89. The maximum atomic E-state index is 12.7. The molecular formula is C35H47N3O5S. The predicted octanol–water partition coefficient (Wildman–Crippen LogP) is 6.14. The molecule has 238 valence electrons. The molecule has 3 aromatic carbocycles. The maximum Gasteiger partial charge on any atom is 0.322 e. The molecule has 0 radical (unpaired) electrons. The van der Waals surface area contributed by atoms with Crippen molar-refractivity contribution in [2.24, 2.45) is 5.41 Å². The number of hydrogen-bond acceptors (Lipinski definition) is 6. The molecule has 1 heterocycles. The number of para-hydroxylation sites is 1. The fraction of sp³-hybridized carbons (Fsp3) is 0.457. The summed E-state index contributed by atoms with van der Waals surface area (Å²) in [6, 6.07) is 23.3. The quantitative estimate of drug-likeness (QED) is 0.245. The Morgan fingerprint density at radius 2 is 1.68 bits per heavy atom. The Labute approximate surface area is 263 Å². The van der Waals surface area contributed by atoms with Gasteiger partial charge in [0.15, 0.2) is 0 Å². The van der Waals surface area contributed by atoms with Crippen molar-refractivity contribution in [3.63, 3.8) is 0 Å². The second-order valence-electron chi connectivity index (χ2n) is 13.4. The fourth-order valence-electron chi connectivity index (χ4n) is 5.85. The lowest BCUT2D eigenvalue weighted by Gasteiger charge is -2.38. The van der Waals surface area contributed by atoms with Crippen LogP contribution >= 0.6 is 0 Å². The minimum Gasteiger partial charge on any atom is -0.480 e. The molecule has 1 unspecified atom stereocenters. The molecule has 2 atom stereocenters. The van der Waals surface area contributed by atoms with Crippen molar-refractivity contribution in [2.45, 2.75) is 72.3 Å². The van der Waals surface area contributed by atoms with E-state index in [0.717, 1.165) is 45.5 Å². The average molecular weight is 622 g/mol. The van der Waals surface area contributed by atoms with E-state index >= 15 is 0 Å². The van der Waals surface area contributed by atoms with Gasteiger partial charge in [-0.25, -0.2) is 8.42 Å². The highest BCUT2D eigenvalue weighted by Gasteiger charge is 2.41. The van der Waals surface area contributed by atoms with Gasteiger partial charge in [0.05, 0.1) is 5.75 Å². The first kappa shape index (κ1) is 33.6. The first-order valence-electron chi connectivity index (χ1n) is 15.2. The fourth-order valence-corrected chi connectivity index (χ4v) is 7.53. The van der Waals surface area contributed by atoms with Crippen molar-refractivity contribution >= 4 is 16.0 Å². The Balaban J connectivity index is 1.65. The number of carboxylic acids is 1. The van der Waals surface area contributed by atoms with E-state index < -0.39 is 22.0 Å². The number of nitrogens with zero attached hydrogens (tertiary/aromatic N) is 3. The van der Waals surface area contributed by atoms with Gasteiger partial charge in [-0.15, -0.1) is 0 Å². The Morgan fingerprint density at radius 3 is 2.34 bits per heavy atom. The summed E-state index contributed by atoms with van der Waals surface area (Å²) in [5.74, 6) is 0.362. The van der Waals surface area contributed by atoms with Crippen molar-refractivity contribution in [3.8, 4) is 11.5 Å². The van der Waals surface area contributed by atoms with Gasteiger partial charge in [0.1, 0.15) is 17.5 Å². The number of hydrogen-bond donors (Lipinski definition) is 1. The van der Waals surface area contributed by atoms with Crippen LogP contribution in [0.15, 0.2) is 72.8 Å². The van der Waals surface area contributed by atoms with Gasteiger partial charge < -0.3 is 14.7 Å². The highest BCUT2D eigenvalue weighted by molar-refractivity contribution is 7.89. The van der Waals surface area contributed by atoms with E-state index in [4.69, 9.17) is 4.74 Å². The lowest BCUT2D eigenvalue weighted by molar-refractivity contribution is -0.141. The summed E-state index contributed by atoms with van der Waals surface area (Å²) in [7, 11) is 0.577. The van der Waals surface area contributed by atoms with E-state index in [-0.39, 0.29) is 30.2 Å². The molecule has 8 nitrogen and oxygen atoms in total. The van der Waals surface area contributed by atoms with Gasteiger partial charge in [0, 0.05) is 37.8 Å². The minimum absolute atomic E-state index is 0.0451. The highest BCUT2D eigenvalue weighted by atomic mass is 32.2. The van der Waals surface area contributed by atoms with Crippen LogP contribution in [-0.2, 0) is 34.5 Å². The van der Waals surface area contributed by atoms with Crippen LogP contribution in [0.5, 0.6) is 11.5 Å². The Bertz CT molecular complexity index is 1520. The molecule has 0 spiro atoms. The predicted molar refractivity (Wildman–Crippen MR) is 175 cm³/mol. The summed E-state index contributed by atoms with van der Waals surface area (Å²) < 4.78 is 32.9. The number of likely N-dealkylation sites (N-methyl/N-ethyl adjacent to an activating group) is 1. The maximum absolute atomic E-state index is 12.7. The molecule has 0 bridgehead atoms. The van der Waals surface area contributed by atoms with Gasteiger partial charge in [0.2, 0.25) is 10.0 Å². The van der Waals surface area contributed by atoms with Crippen LogP contribution in [0.2, 0.25) is 0 Å². The molecule has 0 aromatic heterocycles. The number of rotatable bonds is 13. The van der Waals surface area contributed by atoms with Crippen LogP contribution in [0, 0.1) is 12.3 Å². The first-order valence-corrected chi connectivity index (χ1v) is 16.8. The Kier molecular flexibility index (Phi) is 10.9.